The number of hydrogen-bond donors (Lipinski definition) is 2. The van der Waals surface area contributed by atoms with Gasteiger partial charge in [-0.3, -0.25) is 0 Å². The van der Waals surface area contributed by atoms with Gasteiger partial charge >= 0.3 is 0 Å². The lowest BCUT2D eigenvalue weighted by Gasteiger charge is -2.21. The minimum absolute atomic E-state index is 0.0389. The summed E-state index contributed by atoms with van der Waals surface area (Å²) in [7, 11) is 0. The molecule has 2 atom stereocenters. The second kappa shape index (κ2) is 5.65. The van der Waals surface area contributed by atoms with E-state index in [9.17, 15) is 5.11 Å². The number of aliphatic hydroxyl groups excluding tert-OH is 1. The molecular formula is C15H19NOS. The minimum Gasteiger partial charge on any atom is -0.387 e. The predicted octanol–water partition coefficient (Wildman–Crippen LogP) is 3.14. The average molecular weight is 261 g/mol. The Morgan fingerprint density at radius 1 is 1.22 bits per heavy atom. The quantitative estimate of drug-likeness (QED) is 0.888. The molecule has 0 saturated carbocycles. The van der Waals surface area contributed by atoms with E-state index in [2.05, 4.69) is 19.1 Å². The van der Waals surface area contributed by atoms with Gasteiger partial charge in [0.05, 0.1) is 6.10 Å². The van der Waals surface area contributed by atoms with Crippen molar-refractivity contribution in [2.75, 3.05) is 6.54 Å². The van der Waals surface area contributed by atoms with Crippen LogP contribution in [0.4, 0.5) is 0 Å². The molecule has 1 aromatic heterocycles. The first-order valence-electron chi connectivity index (χ1n) is 6.13. The standard InChI is InChI=1S/C15H19NOS/c1-10-4-3-5-12(8-10)13(9-16)15(17)14-7-6-11(2)18-14/h3-8,13,15,17H,9,16H2,1-2H3. The predicted molar refractivity (Wildman–Crippen MR) is 77.0 cm³/mol. The third-order valence-corrected chi connectivity index (χ3v) is 4.23. The first kappa shape index (κ1) is 13.3. The Labute approximate surface area is 112 Å². The second-order valence-electron chi connectivity index (χ2n) is 4.65. The van der Waals surface area contributed by atoms with Crippen molar-refractivity contribution in [1.29, 1.82) is 0 Å². The lowest BCUT2D eigenvalue weighted by molar-refractivity contribution is 0.151. The number of aryl methyl sites for hydroxylation is 2. The van der Waals surface area contributed by atoms with Gasteiger partial charge in [-0.1, -0.05) is 29.8 Å². The van der Waals surface area contributed by atoms with Crippen molar-refractivity contribution in [3.05, 3.63) is 57.3 Å². The molecule has 0 spiro atoms. The van der Waals surface area contributed by atoms with Crippen LogP contribution in [0, 0.1) is 13.8 Å². The van der Waals surface area contributed by atoms with Gasteiger partial charge in [0.15, 0.2) is 0 Å². The summed E-state index contributed by atoms with van der Waals surface area (Å²) in [6.45, 7) is 4.55. The van der Waals surface area contributed by atoms with Crippen molar-refractivity contribution in [3.8, 4) is 0 Å². The zero-order chi connectivity index (χ0) is 13.1. The minimum atomic E-state index is -0.518. The summed E-state index contributed by atoms with van der Waals surface area (Å²) in [5.74, 6) is -0.0389. The Hall–Kier alpha value is -1.16. The van der Waals surface area contributed by atoms with Gasteiger partial charge in [0.2, 0.25) is 0 Å². The fraction of sp³-hybridized carbons (Fsp3) is 0.333. The Balaban J connectivity index is 2.28. The molecule has 0 aliphatic carbocycles. The summed E-state index contributed by atoms with van der Waals surface area (Å²) >= 11 is 1.63. The highest BCUT2D eigenvalue weighted by Crippen LogP contribution is 2.34. The Kier molecular flexibility index (Phi) is 4.17. The first-order valence-corrected chi connectivity index (χ1v) is 6.94. The second-order valence-corrected chi connectivity index (χ2v) is 5.97. The van der Waals surface area contributed by atoms with Gasteiger partial charge in [0.1, 0.15) is 0 Å². The number of hydrogen-bond acceptors (Lipinski definition) is 3. The largest absolute Gasteiger partial charge is 0.387 e. The number of nitrogens with two attached hydrogens (primary N) is 1. The highest BCUT2D eigenvalue weighted by Gasteiger charge is 2.22. The fourth-order valence-corrected chi connectivity index (χ4v) is 3.09. The molecule has 0 amide bonds. The van der Waals surface area contributed by atoms with E-state index in [0.29, 0.717) is 6.54 Å². The van der Waals surface area contributed by atoms with Crippen LogP contribution >= 0.6 is 11.3 Å². The maximum atomic E-state index is 10.5. The van der Waals surface area contributed by atoms with Crippen molar-refractivity contribution in [2.45, 2.75) is 25.9 Å². The summed E-state index contributed by atoms with van der Waals surface area (Å²) in [6, 6.07) is 12.2. The fourth-order valence-electron chi connectivity index (χ4n) is 2.16. The summed E-state index contributed by atoms with van der Waals surface area (Å²) in [5, 5.41) is 10.5. The molecule has 2 unspecified atom stereocenters. The number of aliphatic hydroxyl groups is 1. The van der Waals surface area contributed by atoms with Crippen molar-refractivity contribution in [1.82, 2.24) is 0 Å². The number of thiophene rings is 1. The normalized spacial score (nSPS) is 14.4. The van der Waals surface area contributed by atoms with E-state index < -0.39 is 6.10 Å². The van der Waals surface area contributed by atoms with Gasteiger partial charge in [0, 0.05) is 22.2 Å². The summed E-state index contributed by atoms with van der Waals surface area (Å²) in [6.07, 6.45) is -0.518. The van der Waals surface area contributed by atoms with Gasteiger partial charge in [0.25, 0.3) is 0 Å². The van der Waals surface area contributed by atoms with E-state index in [0.717, 1.165) is 10.4 Å². The molecule has 1 heterocycles. The maximum absolute atomic E-state index is 10.5. The van der Waals surface area contributed by atoms with Crippen LogP contribution in [0.25, 0.3) is 0 Å². The molecule has 18 heavy (non-hydrogen) atoms. The van der Waals surface area contributed by atoms with Gasteiger partial charge < -0.3 is 10.8 Å². The van der Waals surface area contributed by atoms with Gasteiger partial charge in [-0.05, 0) is 31.5 Å². The third-order valence-electron chi connectivity index (χ3n) is 3.16. The lowest BCUT2D eigenvalue weighted by atomic mass is 9.91. The van der Waals surface area contributed by atoms with Crippen molar-refractivity contribution in [3.63, 3.8) is 0 Å². The van der Waals surface area contributed by atoms with E-state index in [1.165, 1.54) is 10.4 Å². The summed E-state index contributed by atoms with van der Waals surface area (Å²) in [4.78, 5) is 2.20. The van der Waals surface area contributed by atoms with Gasteiger partial charge in [-0.2, -0.15) is 0 Å². The molecule has 2 aromatic rings. The molecule has 0 saturated heterocycles. The van der Waals surface area contributed by atoms with Gasteiger partial charge in [-0.15, -0.1) is 11.3 Å². The van der Waals surface area contributed by atoms with E-state index in [1.54, 1.807) is 11.3 Å². The Bertz CT molecular complexity index is 521. The molecule has 2 nitrogen and oxygen atoms in total. The maximum Gasteiger partial charge on any atom is 0.0962 e. The van der Waals surface area contributed by atoms with E-state index in [1.807, 2.05) is 31.2 Å². The van der Waals surface area contributed by atoms with E-state index >= 15 is 0 Å². The van der Waals surface area contributed by atoms with Crippen LogP contribution in [0.1, 0.15) is 32.9 Å². The average Bonchev–Trinajstić information content (AvgIpc) is 2.77. The van der Waals surface area contributed by atoms with Crippen LogP contribution in [-0.2, 0) is 0 Å². The zero-order valence-electron chi connectivity index (χ0n) is 10.8. The van der Waals surface area contributed by atoms with Crippen LogP contribution < -0.4 is 5.73 Å². The van der Waals surface area contributed by atoms with Crippen LogP contribution in [0.3, 0.4) is 0 Å². The highest BCUT2D eigenvalue weighted by atomic mass is 32.1. The molecule has 3 heteroatoms. The van der Waals surface area contributed by atoms with Crippen molar-refractivity contribution < 1.29 is 5.11 Å². The van der Waals surface area contributed by atoms with Crippen molar-refractivity contribution in [2.24, 2.45) is 5.73 Å². The summed E-state index contributed by atoms with van der Waals surface area (Å²) < 4.78 is 0. The lowest BCUT2D eigenvalue weighted by Crippen LogP contribution is -2.19. The molecule has 0 radical (unpaired) electrons. The van der Waals surface area contributed by atoms with E-state index in [4.69, 9.17) is 5.73 Å². The SMILES string of the molecule is Cc1cccc(C(CN)C(O)c2ccc(C)s2)c1. The summed E-state index contributed by atoms with van der Waals surface area (Å²) in [5.41, 5.74) is 8.15. The van der Waals surface area contributed by atoms with Crippen molar-refractivity contribution >= 4 is 11.3 Å². The number of rotatable bonds is 4. The zero-order valence-corrected chi connectivity index (χ0v) is 11.6. The smallest absolute Gasteiger partial charge is 0.0962 e. The molecule has 1 aromatic carbocycles. The molecule has 0 fully saturated rings. The molecule has 0 aliphatic heterocycles. The van der Waals surface area contributed by atoms with E-state index in [-0.39, 0.29) is 5.92 Å². The topological polar surface area (TPSA) is 46.2 Å². The first-order chi connectivity index (χ1) is 8.61. The molecule has 96 valence electrons. The Morgan fingerprint density at radius 2 is 2.00 bits per heavy atom. The highest BCUT2D eigenvalue weighted by molar-refractivity contribution is 7.12. The van der Waals surface area contributed by atoms with Gasteiger partial charge in [-0.25, -0.2) is 0 Å². The molecule has 3 N–H and O–H groups in total. The monoisotopic (exact) mass is 261 g/mol. The van der Waals surface area contributed by atoms with Crippen LogP contribution in [0.2, 0.25) is 0 Å². The van der Waals surface area contributed by atoms with Crippen LogP contribution in [0.15, 0.2) is 36.4 Å². The molecule has 0 aliphatic rings. The Morgan fingerprint density at radius 3 is 2.56 bits per heavy atom. The van der Waals surface area contributed by atoms with Crippen LogP contribution in [0.5, 0.6) is 0 Å². The molecular weight excluding hydrogens is 242 g/mol. The van der Waals surface area contributed by atoms with Crippen LogP contribution in [-0.4, -0.2) is 11.7 Å². The molecule has 2 rings (SSSR count). The third kappa shape index (κ3) is 2.80. The molecule has 0 bridgehead atoms. The number of benzene rings is 1.